The van der Waals surface area contributed by atoms with Gasteiger partial charge in [0.2, 0.25) is 0 Å². The van der Waals surface area contributed by atoms with E-state index in [4.69, 9.17) is 0 Å². The Bertz CT molecular complexity index is 582. The third kappa shape index (κ3) is 2.24. The van der Waals surface area contributed by atoms with Gasteiger partial charge in [-0.05, 0) is 34.5 Å². The van der Waals surface area contributed by atoms with E-state index < -0.39 is 6.10 Å². The van der Waals surface area contributed by atoms with Crippen LogP contribution in [0.3, 0.4) is 0 Å². The Hall–Kier alpha value is -1.23. The van der Waals surface area contributed by atoms with Crippen LogP contribution in [0.25, 0.3) is 10.2 Å². The van der Waals surface area contributed by atoms with Crippen molar-refractivity contribution in [2.75, 3.05) is 0 Å². The second kappa shape index (κ2) is 4.56. The number of hydrogen-bond donors (Lipinski definition) is 1. The molecule has 86 valence electrons. The zero-order chi connectivity index (χ0) is 11.7. The smallest absolute Gasteiger partial charge is 0.0967 e. The van der Waals surface area contributed by atoms with Gasteiger partial charge in [-0.3, -0.25) is 0 Å². The molecule has 0 fully saturated rings. The molecule has 2 heterocycles. The van der Waals surface area contributed by atoms with Gasteiger partial charge in [-0.25, -0.2) is 4.98 Å². The fourth-order valence-electron chi connectivity index (χ4n) is 1.76. The number of hydrogen-bond acceptors (Lipinski definition) is 4. The minimum Gasteiger partial charge on any atom is -0.388 e. The number of rotatable bonds is 3. The van der Waals surface area contributed by atoms with Crippen molar-refractivity contribution in [1.82, 2.24) is 4.98 Å². The molecule has 0 amide bonds. The van der Waals surface area contributed by atoms with Gasteiger partial charge in [0.25, 0.3) is 0 Å². The summed E-state index contributed by atoms with van der Waals surface area (Å²) in [5, 5.41) is 15.0. The van der Waals surface area contributed by atoms with Crippen molar-refractivity contribution in [3.8, 4) is 0 Å². The number of thiophene rings is 1. The van der Waals surface area contributed by atoms with Gasteiger partial charge in [0.15, 0.2) is 0 Å². The van der Waals surface area contributed by atoms with E-state index in [1.807, 2.05) is 35.0 Å². The van der Waals surface area contributed by atoms with Gasteiger partial charge in [-0.1, -0.05) is 12.1 Å². The highest BCUT2D eigenvalue weighted by atomic mass is 32.1. The van der Waals surface area contributed by atoms with Crippen molar-refractivity contribution in [3.63, 3.8) is 0 Å². The van der Waals surface area contributed by atoms with E-state index in [0.29, 0.717) is 6.42 Å². The molecule has 0 spiro atoms. The number of para-hydroxylation sites is 1. The molecule has 0 bridgehead atoms. The normalized spacial score (nSPS) is 13.0. The molecule has 2 aromatic heterocycles. The molecular weight excluding hydrogens is 250 g/mol. The molecule has 0 saturated heterocycles. The lowest BCUT2D eigenvalue weighted by Crippen LogP contribution is -1.99. The van der Waals surface area contributed by atoms with Crippen LogP contribution in [0.15, 0.2) is 41.1 Å². The molecule has 0 aliphatic rings. The summed E-state index contributed by atoms with van der Waals surface area (Å²) in [5.41, 5.74) is 2.00. The molecular formula is C13H11NOS2. The minimum absolute atomic E-state index is 0.443. The van der Waals surface area contributed by atoms with Crippen LogP contribution in [0.2, 0.25) is 0 Å². The van der Waals surface area contributed by atoms with Crippen molar-refractivity contribution < 1.29 is 5.11 Å². The monoisotopic (exact) mass is 261 g/mol. The lowest BCUT2D eigenvalue weighted by Gasteiger charge is -2.05. The highest BCUT2D eigenvalue weighted by Crippen LogP contribution is 2.26. The first-order chi connectivity index (χ1) is 8.33. The molecule has 4 heteroatoms. The fraction of sp³-hybridized carbons (Fsp3) is 0.154. The van der Waals surface area contributed by atoms with Gasteiger partial charge >= 0.3 is 0 Å². The van der Waals surface area contributed by atoms with Crippen LogP contribution in [0, 0.1) is 0 Å². The number of benzene rings is 1. The summed E-state index contributed by atoms with van der Waals surface area (Å²) >= 11 is 3.26. The summed E-state index contributed by atoms with van der Waals surface area (Å²) < 4.78 is 1.18. The zero-order valence-electron chi connectivity index (χ0n) is 9.04. The predicted octanol–water partition coefficient (Wildman–Crippen LogP) is 3.63. The molecule has 0 aliphatic heterocycles. The van der Waals surface area contributed by atoms with Crippen molar-refractivity contribution in [3.05, 3.63) is 51.7 Å². The molecule has 0 radical (unpaired) electrons. The molecule has 17 heavy (non-hydrogen) atoms. The molecule has 1 atom stereocenters. The Morgan fingerprint density at radius 2 is 2.12 bits per heavy atom. The highest BCUT2D eigenvalue weighted by molar-refractivity contribution is 7.18. The van der Waals surface area contributed by atoms with E-state index in [1.54, 1.807) is 22.7 Å². The topological polar surface area (TPSA) is 33.1 Å². The van der Waals surface area contributed by atoms with Gasteiger partial charge in [0, 0.05) is 6.42 Å². The fourth-order valence-corrected chi connectivity index (χ4v) is 3.47. The molecule has 2 nitrogen and oxygen atoms in total. The highest BCUT2D eigenvalue weighted by Gasteiger charge is 2.12. The Kier molecular flexibility index (Phi) is 2.93. The first kappa shape index (κ1) is 10.9. The average Bonchev–Trinajstić information content (AvgIpc) is 2.97. The first-order valence-electron chi connectivity index (χ1n) is 5.37. The lowest BCUT2D eigenvalue weighted by atomic mass is 10.1. The number of fused-ring (bicyclic) bond motifs is 1. The van der Waals surface area contributed by atoms with Crippen LogP contribution < -0.4 is 0 Å². The number of aliphatic hydroxyl groups excluding tert-OH is 1. The van der Waals surface area contributed by atoms with E-state index in [9.17, 15) is 5.11 Å². The maximum absolute atomic E-state index is 10.1. The molecule has 3 aromatic rings. The van der Waals surface area contributed by atoms with Gasteiger partial charge in [-0.15, -0.1) is 11.3 Å². The quantitative estimate of drug-likeness (QED) is 0.781. The third-order valence-electron chi connectivity index (χ3n) is 2.63. The van der Waals surface area contributed by atoms with Crippen molar-refractivity contribution in [1.29, 1.82) is 0 Å². The molecule has 1 unspecified atom stereocenters. The summed E-state index contributed by atoms with van der Waals surface area (Å²) in [4.78, 5) is 4.52. The maximum Gasteiger partial charge on any atom is 0.0967 e. The Balaban J connectivity index is 1.85. The number of thiazole rings is 1. The van der Waals surface area contributed by atoms with Gasteiger partial charge < -0.3 is 5.11 Å². The van der Waals surface area contributed by atoms with E-state index in [1.165, 1.54) is 4.70 Å². The summed E-state index contributed by atoms with van der Waals surface area (Å²) in [6, 6.07) is 10.0. The first-order valence-corrected chi connectivity index (χ1v) is 7.13. The Morgan fingerprint density at radius 1 is 1.24 bits per heavy atom. The molecule has 0 saturated carbocycles. The SMILES string of the molecule is OC(Cc1nc2ccccc2s1)c1ccsc1. The minimum atomic E-state index is -0.443. The van der Waals surface area contributed by atoms with Crippen LogP contribution in [0.4, 0.5) is 0 Å². The predicted molar refractivity (Wildman–Crippen MR) is 72.6 cm³/mol. The Morgan fingerprint density at radius 3 is 2.88 bits per heavy atom. The third-order valence-corrected chi connectivity index (χ3v) is 4.39. The van der Waals surface area contributed by atoms with Crippen LogP contribution in [-0.4, -0.2) is 10.1 Å². The summed E-state index contributed by atoms with van der Waals surface area (Å²) in [6.45, 7) is 0. The van der Waals surface area contributed by atoms with Crippen LogP contribution in [-0.2, 0) is 6.42 Å². The van der Waals surface area contributed by atoms with E-state index in [-0.39, 0.29) is 0 Å². The van der Waals surface area contributed by atoms with Crippen LogP contribution >= 0.6 is 22.7 Å². The summed E-state index contributed by atoms with van der Waals surface area (Å²) in [6.07, 6.45) is 0.151. The largest absolute Gasteiger partial charge is 0.388 e. The van der Waals surface area contributed by atoms with Crippen molar-refractivity contribution in [2.24, 2.45) is 0 Å². The van der Waals surface area contributed by atoms with E-state index >= 15 is 0 Å². The van der Waals surface area contributed by atoms with E-state index in [0.717, 1.165) is 16.1 Å². The lowest BCUT2D eigenvalue weighted by molar-refractivity contribution is 0.179. The molecule has 0 aliphatic carbocycles. The van der Waals surface area contributed by atoms with Crippen LogP contribution in [0.5, 0.6) is 0 Å². The van der Waals surface area contributed by atoms with E-state index in [2.05, 4.69) is 11.1 Å². The second-order valence-corrected chi connectivity index (χ2v) is 5.75. The molecule has 3 rings (SSSR count). The van der Waals surface area contributed by atoms with Gasteiger partial charge in [-0.2, -0.15) is 11.3 Å². The number of aromatic nitrogens is 1. The van der Waals surface area contributed by atoms with Crippen molar-refractivity contribution in [2.45, 2.75) is 12.5 Å². The number of aliphatic hydroxyl groups is 1. The average molecular weight is 261 g/mol. The summed E-state index contributed by atoms with van der Waals surface area (Å²) in [7, 11) is 0. The van der Waals surface area contributed by atoms with Gasteiger partial charge in [0.05, 0.1) is 21.3 Å². The maximum atomic E-state index is 10.1. The number of nitrogens with zero attached hydrogens (tertiary/aromatic N) is 1. The van der Waals surface area contributed by atoms with Gasteiger partial charge in [0.1, 0.15) is 0 Å². The molecule has 1 aromatic carbocycles. The summed E-state index contributed by atoms with van der Waals surface area (Å²) in [5.74, 6) is 0. The van der Waals surface area contributed by atoms with Crippen LogP contribution in [0.1, 0.15) is 16.7 Å². The standard InChI is InChI=1S/C13H11NOS2/c15-11(9-5-6-16-8-9)7-13-14-10-3-1-2-4-12(10)17-13/h1-6,8,11,15H,7H2. The van der Waals surface area contributed by atoms with Crippen molar-refractivity contribution >= 4 is 32.9 Å². The Labute approximate surface area is 107 Å². The second-order valence-electron chi connectivity index (χ2n) is 3.85. The zero-order valence-corrected chi connectivity index (χ0v) is 10.7. The molecule has 1 N–H and O–H groups in total.